The number of aromatic amines is 1. The molecule has 3 amide bonds. The molecule has 2 aromatic carbocycles. The van der Waals surface area contributed by atoms with Gasteiger partial charge in [-0.2, -0.15) is 5.21 Å². The lowest BCUT2D eigenvalue weighted by Crippen LogP contribution is -2.47. The molecule has 0 aliphatic carbocycles. The quantitative estimate of drug-likeness (QED) is 0.467. The molecule has 4 N–H and O–H groups in total. The van der Waals surface area contributed by atoms with Gasteiger partial charge in [-0.1, -0.05) is 28.8 Å². The van der Waals surface area contributed by atoms with Gasteiger partial charge in [0.2, 0.25) is 5.91 Å². The topological polar surface area (TPSA) is 134 Å². The Morgan fingerprint density at radius 2 is 1.83 bits per heavy atom. The van der Waals surface area contributed by atoms with Gasteiger partial charge < -0.3 is 15.4 Å². The minimum Gasteiger partial charge on any atom is -0.497 e. The van der Waals surface area contributed by atoms with Crippen LogP contribution in [-0.2, 0) is 11.2 Å². The number of hydrogen-bond acceptors (Lipinski definition) is 6. The molecule has 1 aromatic heterocycles. The summed E-state index contributed by atoms with van der Waals surface area (Å²) in [5.74, 6) is 0.207. The standard InChI is InChI=1S/C18H18ClN7O3/c1-29-14-8-2-11(3-9-14)10-15(16(27)22-17-23-25-26-24-17)21-18(28)20-13-6-4-12(19)5-7-13/h2-9,15H,10H2,1H3,(H2,20,21,28)(H2,22,23,24,25,26,27). The second-order valence-corrected chi connectivity index (χ2v) is 6.37. The molecule has 0 aliphatic rings. The van der Waals surface area contributed by atoms with Gasteiger partial charge in [-0.15, -0.1) is 5.10 Å². The Kier molecular flexibility index (Phi) is 6.59. The molecule has 0 saturated heterocycles. The second-order valence-electron chi connectivity index (χ2n) is 5.93. The maximum absolute atomic E-state index is 12.7. The number of amides is 3. The van der Waals surface area contributed by atoms with Gasteiger partial charge in [0.15, 0.2) is 0 Å². The first-order valence-corrected chi connectivity index (χ1v) is 8.91. The molecule has 150 valence electrons. The minimum absolute atomic E-state index is 0.00893. The summed E-state index contributed by atoms with van der Waals surface area (Å²) in [4.78, 5) is 25.1. The average Bonchev–Trinajstić information content (AvgIpc) is 3.23. The van der Waals surface area contributed by atoms with E-state index in [2.05, 4.69) is 36.6 Å². The fourth-order valence-electron chi connectivity index (χ4n) is 2.48. The summed E-state index contributed by atoms with van der Waals surface area (Å²) in [6, 6.07) is 12.3. The Morgan fingerprint density at radius 1 is 1.10 bits per heavy atom. The minimum atomic E-state index is -0.894. The number of tetrazole rings is 1. The predicted octanol–water partition coefficient (Wildman–Crippen LogP) is 2.23. The third-order valence-corrected chi connectivity index (χ3v) is 4.16. The largest absolute Gasteiger partial charge is 0.497 e. The van der Waals surface area contributed by atoms with Crippen LogP contribution in [0.2, 0.25) is 5.02 Å². The van der Waals surface area contributed by atoms with Crippen molar-refractivity contribution in [3.63, 3.8) is 0 Å². The summed E-state index contributed by atoms with van der Waals surface area (Å²) in [6.45, 7) is 0. The van der Waals surface area contributed by atoms with Crippen molar-refractivity contribution in [1.29, 1.82) is 0 Å². The van der Waals surface area contributed by atoms with E-state index in [-0.39, 0.29) is 12.4 Å². The van der Waals surface area contributed by atoms with Crippen molar-refractivity contribution in [2.75, 3.05) is 17.7 Å². The van der Waals surface area contributed by atoms with Crippen LogP contribution >= 0.6 is 11.6 Å². The molecule has 1 unspecified atom stereocenters. The number of nitrogens with one attached hydrogen (secondary N) is 4. The summed E-state index contributed by atoms with van der Waals surface area (Å²) in [7, 11) is 1.57. The zero-order valence-corrected chi connectivity index (χ0v) is 16.1. The number of rotatable bonds is 7. The molecule has 0 radical (unpaired) electrons. The van der Waals surface area contributed by atoms with Gasteiger partial charge in [-0.25, -0.2) is 4.79 Å². The van der Waals surface area contributed by atoms with Crippen LogP contribution in [0.5, 0.6) is 5.75 Å². The van der Waals surface area contributed by atoms with E-state index < -0.39 is 18.0 Å². The predicted molar refractivity (Wildman–Crippen MR) is 107 cm³/mol. The molecule has 0 spiro atoms. The van der Waals surface area contributed by atoms with Gasteiger partial charge in [0.1, 0.15) is 11.8 Å². The monoisotopic (exact) mass is 415 g/mol. The second kappa shape index (κ2) is 9.51. The van der Waals surface area contributed by atoms with Crippen molar-refractivity contribution in [3.05, 3.63) is 59.1 Å². The maximum atomic E-state index is 12.7. The number of hydrogen-bond donors (Lipinski definition) is 4. The van der Waals surface area contributed by atoms with Crippen LogP contribution in [0, 0.1) is 0 Å². The Labute approximate surface area is 171 Å². The summed E-state index contributed by atoms with van der Waals surface area (Å²) in [6.07, 6.45) is 0.238. The first-order chi connectivity index (χ1) is 14.0. The van der Waals surface area contributed by atoms with Crippen LogP contribution in [0.4, 0.5) is 16.4 Å². The number of anilines is 2. The normalized spacial score (nSPS) is 11.4. The SMILES string of the molecule is COc1ccc(CC(NC(=O)Nc2ccc(Cl)cc2)C(=O)Nc2nn[nH]n2)cc1. The number of H-pyrrole nitrogens is 1. The van der Waals surface area contributed by atoms with E-state index in [0.717, 1.165) is 5.56 Å². The van der Waals surface area contributed by atoms with Crippen molar-refractivity contribution in [1.82, 2.24) is 25.9 Å². The molecule has 3 rings (SSSR count). The Hall–Kier alpha value is -3.66. The average molecular weight is 416 g/mol. The van der Waals surface area contributed by atoms with Crippen molar-refractivity contribution in [2.24, 2.45) is 0 Å². The van der Waals surface area contributed by atoms with Crippen LogP contribution < -0.4 is 20.7 Å². The number of carbonyl (C=O) groups is 2. The van der Waals surface area contributed by atoms with Crippen molar-refractivity contribution >= 4 is 35.2 Å². The number of halogens is 1. The van der Waals surface area contributed by atoms with E-state index in [4.69, 9.17) is 16.3 Å². The van der Waals surface area contributed by atoms with Crippen molar-refractivity contribution in [2.45, 2.75) is 12.5 Å². The van der Waals surface area contributed by atoms with Crippen LogP contribution in [0.1, 0.15) is 5.56 Å². The van der Waals surface area contributed by atoms with Gasteiger partial charge >= 0.3 is 6.03 Å². The third-order valence-electron chi connectivity index (χ3n) is 3.90. The Balaban J connectivity index is 1.70. The van der Waals surface area contributed by atoms with Gasteiger partial charge in [-0.05, 0) is 47.2 Å². The molecular weight excluding hydrogens is 398 g/mol. The molecule has 0 saturated carbocycles. The van der Waals surface area contributed by atoms with Gasteiger partial charge in [0, 0.05) is 17.1 Å². The number of ether oxygens (including phenoxy) is 1. The molecule has 1 atom stereocenters. The van der Waals surface area contributed by atoms with Gasteiger partial charge in [0.05, 0.1) is 7.11 Å². The summed E-state index contributed by atoms with van der Waals surface area (Å²) >= 11 is 5.84. The first kappa shape index (κ1) is 20.1. The van der Waals surface area contributed by atoms with Crippen LogP contribution in [0.15, 0.2) is 48.5 Å². The van der Waals surface area contributed by atoms with E-state index in [0.29, 0.717) is 16.5 Å². The molecule has 0 bridgehead atoms. The third kappa shape index (κ3) is 5.91. The molecule has 0 aliphatic heterocycles. The van der Waals surface area contributed by atoms with Gasteiger partial charge in [0.25, 0.3) is 5.95 Å². The smallest absolute Gasteiger partial charge is 0.319 e. The van der Waals surface area contributed by atoms with E-state index in [1.54, 1.807) is 43.5 Å². The number of methoxy groups -OCH3 is 1. The van der Waals surface area contributed by atoms with Crippen LogP contribution in [-0.4, -0.2) is 45.7 Å². The summed E-state index contributed by atoms with van der Waals surface area (Å²) < 4.78 is 5.14. The summed E-state index contributed by atoms with van der Waals surface area (Å²) in [5, 5.41) is 21.4. The first-order valence-electron chi connectivity index (χ1n) is 8.54. The highest BCUT2D eigenvalue weighted by Crippen LogP contribution is 2.15. The van der Waals surface area contributed by atoms with E-state index >= 15 is 0 Å². The molecular formula is C18H18ClN7O3. The van der Waals surface area contributed by atoms with Crippen LogP contribution in [0.3, 0.4) is 0 Å². The number of urea groups is 1. The van der Waals surface area contributed by atoms with E-state index in [9.17, 15) is 9.59 Å². The highest BCUT2D eigenvalue weighted by molar-refractivity contribution is 6.30. The zero-order valence-electron chi connectivity index (χ0n) is 15.3. The van der Waals surface area contributed by atoms with Gasteiger partial charge in [-0.3, -0.25) is 10.1 Å². The molecule has 3 aromatic rings. The molecule has 0 fully saturated rings. The number of nitrogens with zero attached hydrogens (tertiary/aromatic N) is 3. The van der Waals surface area contributed by atoms with Crippen molar-refractivity contribution in [3.8, 4) is 5.75 Å². The summed E-state index contributed by atoms with van der Waals surface area (Å²) in [5.41, 5.74) is 1.36. The molecule has 11 heteroatoms. The van der Waals surface area contributed by atoms with Crippen molar-refractivity contribution < 1.29 is 14.3 Å². The zero-order chi connectivity index (χ0) is 20.6. The number of benzene rings is 2. The number of carbonyl (C=O) groups excluding carboxylic acids is 2. The molecule has 10 nitrogen and oxygen atoms in total. The van der Waals surface area contributed by atoms with Crippen LogP contribution in [0.25, 0.3) is 0 Å². The molecule has 29 heavy (non-hydrogen) atoms. The maximum Gasteiger partial charge on any atom is 0.319 e. The highest BCUT2D eigenvalue weighted by Gasteiger charge is 2.23. The molecule has 1 heterocycles. The lowest BCUT2D eigenvalue weighted by atomic mass is 10.1. The van der Waals surface area contributed by atoms with E-state index in [1.807, 2.05) is 12.1 Å². The fraction of sp³-hybridized carbons (Fsp3) is 0.167. The van der Waals surface area contributed by atoms with E-state index in [1.165, 1.54) is 0 Å². The fourth-order valence-corrected chi connectivity index (χ4v) is 2.60. The Morgan fingerprint density at radius 3 is 2.45 bits per heavy atom. The lowest BCUT2D eigenvalue weighted by molar-refractivity contribution is -0.117. The highest BCUT2D eigenvalue weighted by atomic mass is 35.5. The Bertz CT molecular complexity index is 947. The lowest BCUT2D eigenvalue weighted by Gasteiger charge is -2.18. The number of aromatic nitrogens is 4.